The van der Waals surface area contributed by atoms with Crippen molar-refractivity contribution in [3.8, 4) is 11.5 Å². The van der Waals surface area contributed by atoms with Crippen molar-refractivity contribution in [1.29, 1.82) is 0 Å². The van der Waals surface area contributed by atoms with Crippen molar-refractivity contribution >= 4 is 23.2 Å². The van der Waals surface area contributed by atoms with Gasteiger partial charge in [0, 0.05) is 17.3 Å². The molecular formula is C19H23ClN2O3. The fourth-order valence-electron chi connectivity index (χ4n) is 2.52. The highest BCUT2D eigenvalue weighted by Crippen LogP contribution is 2.28. The Morgan fingerprint density at radius 3 is 2.56 bits per heavy atom. The lowest BCUT2D eigenvalue weighted by molar-refractivity contribution is -0.117. The maximum absolute atomic E-state index is 12.3. The van der Waals surface area contributed by atoms with Crippen molar-refractivity contribution in [3.05, 3.63) is 52.5 Å². The van der Waals surface area contributed by atoms with Crippen LogP contribution >= 0.6 is 11.6 Å². The van der Waals surface area contributed by atoms with Crippen LogP contribution in [-0.2, 0) is 11.3 Å². The molecule has 2 aromatic rings. The zero-order valence-electron chi connectivity index (χ0n) is 14.9. The number of nitrogens with one attached hydrogen (secondary N) is 1. The summed E-state index contributed by atoms with van der Waals surface area (Å²) in [7, 11) is 5.10. The van der Waals surface area contributed by atoms with Gasteiger partial charge < -0.3 is 14.8 Å². The van der Waals surface area contributed by atoms with E-state index in [4.69, 9.17) is 21.1 Å². The van der Waals surface area contributed by atoms with Gasteiger partial charge >= 0.3 is 0 Å². The van der Waals surface area contributed by atoms with Gasteiger partial charge in [-0.2, -0.15) is 0 Å². The van der Waals surface area contributed by atoms with E-state index in [1.807, 2.05) is 49.2 Å². The molecule has 0 heterocycles. The highest BCUT2D eigenvalue weighted by atomic mass is 35.5. The van der Waals surface area contributed by atoms with E-state index in [0.29, 0.717) is 23.1 Å². The number of halogens is 1. The van der Waals surface area contributed by atoms with E-state index in [1.165, 1.54) is 0 Å². The first kappa shape index (κ1) is 19.1. The smallest absolute Gasteiger partial charge is 0.238 e. The van der Waals surface area contributed by atoms with E-state index in [-0.39, 0.29) is 12.5 Å². The van der Waals surface area contributed by atoms with E-state index < -0.39 is 0 Å². The third kappa shape index (κ3) is 5.11. The van der Waals surface area contributed by atoms with Crippen LogP contribution in [0.5, 0.6) is 11.5 Å². The highest BCUT2D eigenvalue weighted by molar-refractivity contribution is 6.31. The van der Waals surface area contributed by atoms with E-state index >= 15 is 0 Å². The molecule has 5 nitrogen and oxygen atoms in total. The maximum atomic E-state index is 12.3. The second-order valence-electron chi connectivity index (χ2n) is 5.82. The quantitative estimate of drug-likeness (QED) is 0.815. The van der Waals surface area contributed by atoms with Crippen LogP contribution in [0.25, 0.3) is 0 Å². The minimum absolute atomic E-state index is 0.0895. The Morgan fingerprint density at radius 2 is 1.88 bits per heavy atom. The van der Waals surface area contributed by atoms with Crippen molar-refractivity contribution < 1.29 is 14.3 Å². The van der Waals surface area contributed by atoms with Crippen molar-refractivity contribution in [1.82, 2.24) is 4.90 Å². The normalized spacial score (nSPS) is 10.6. The molecule has 0 aliphatic heterocycles. The van der Waals surface area contributed by atoms with Crippen molar-refractivity contribution in [2.24, 2.45) is 0 Å². The van der Waals surface area contributed by atoms with Gasteiger partial charge in [-0.25, -0.2) is 0 Å². The lowest BCUT2D eigenvalue weighted by Gasteiger charge is -2.18. The van der Waals surface area contributed by atoms with Gasteiger partial charge in [0.1, 0.15) is 0 Å². The van der Waals surface area contributed by atoms with Crippen LogP contribution in [0.15, 0.2) is 36.4 Å². The van der Waals surface area contributed by atoms with Gasteiger partial charge in [-0.1, -0.05) is 23.7 Å². The molecule has 1 N–H and O–H groups in total. The van der Waals surface area contributed by atoms with Crippen LogP contribution in [0.3, 0.4) is 0 Å². The molecule has 6 heteroatoms. The number of hydrogen-bond acceptors (Lipinski definition) is 4. The Morgan fingerprint density at radius 1 is 1.16 bits per heavy atom. The summed E-state index contributed by atoms with van der Waals surface area (Å²) in [5, 5.41) is 3.53. The molecular weight excluding hydrogens is 340 g/mol. The topological polar surface area (TPSA) is 50.8 Å². The van der Waals surface area contributed by atoms with Gasteiger partial charge in [-0.05, 0) is 49.4 Å². The number of benzene rings is 2. The molecule has 134 valence electrons. The number of methoxy groups -OCH3 is 2. The fourth-order valence-corrected chi connectivity index (χ4v) is 2.70. The van der Waals surface area contributed by atoms with Crippen molar-refractivity contribution in [2.75, 3.05) is 33.1 Å². The standard InChI is InChI=1S/C19H23ClN2O3/c1-13-15(20)6-5-7-16(13)21-19(23)12-22(2)11-14-8-9-17(24-3)18(10-14)25-4/h5-10H,11-12H2,1-4H3,(H,21,23). The summed E-state index contributed by atoms with van der Waals surface area (Å²) in [5.74, 6) is 1.27. The fraction of sp³-hybridized carbons (Fsp3) is 0.316. The number of carbonyl (C=O) groups is 1. The van der Waals surface area contributed by atoms with Crippen molar-refractivity contribution in [3.63, 3.8) is 0 Å². The summed E-state index contributed by atoms with van der Waals surface area (Å²) in [6, 6.07) is 11.2. The molecule has 0 saturated heterocycles. The number of rotatable bonds is 7. The Hall–Kier alpha value is -2.24. The highest BCUT2D eigenvalue weighted by Gasteiger charge is 2.11. The molecule has 0 radical (unpaired) electrons. The molecule has 25 heavy (non-hydrogen) atoms. The van der Waals surface area contributed by atoms with Crippen LogP contribution in [-0.4, -0.2) is 38.6 Å². The Balaban J connectivity index is 1.96. The SMILES string of the molecule is COc1ccc(CN(C)CC(=O)Nc2cccc(Cl)c2C)cc1OC. The van der Waals surface area contributed by atoms with Crippen LogP contribution in [0.1, 0.15) is 11.1 Å². The number of carbonyl (C=O) groups excluding carboxylic acids is 1. The number of ether oxygens (including phenoxy) is 2. The summed E-state index contributed by atoms with van der Waals surface area (Å²) in [4.78, 5) is 14.2. The maximum Gasteiger partial charge on any atom is 0.238 e. The first-order chi connectivity index (χ1) is 11.9. The number of likely N-dealkylation sites (N-methyl/N-ethyl adjacent to an activating group) is 1. The van der Waals surface area contributed by atoms with Gasteiger partial charge in [-0.15, -0.1) is 0 Å². The Labute approximate surface area is 153 Å². The van der Waals surface area contributed by atoms with Crippen molar-refractivity contribution in [2.45, 2.75) is 13.5 Å². The van der Waals surface area contributed by atoms with Crippen LogP contribution < -0.4 is 14.8 Å². The minimum Gasteiger partial charge on any atom is -0.493 e. The van der Waals surface area contributed by atoms with Gasteiger partial charge in [0.25, 0.3) is 0 Å². The molecule has 0 bridgehead atoms. The summed E-state index contributed by atoms with van der Waals surface area (Å²) in [5.41, 5.74) is 2.63. The average molecular weight is 363 g/mol. The zero-order chi connectivity index (χ0) is 18.4. The van der Waals surface area contributed by atoms with Gasteiger partial charge in [0.2, 0.25) is 5.91 Å². The molecule has 2 rings (SSSR count). The first-order valence-corrected chi connectivity index (χ1v) is 8.26. The lowest BCUT2D eigenvalue weighted by Crippen LogP contribution is -2.30. The molecule has 0 unspecified atom stereocenters. The molecule has 1 amide bonds. The number of anilines is 1. The largest absolute Gasteiger partial charge is 0.493 e. The molecule has 0 aromatic heterocycles. The Bertz CT molecular complexity index is 749. The number of amides is 1. The molecule has 0 aliphatic rings. The van der Waals surface area contributed by atoms with Crippen LogP contribution in [0.2, 0.25) is 5.02 Å². The number of nitrogens with zero attached hydrogens (tertiary/aromatic N) is 1. The van der Waals surface area contributed by atoms with Crippen LogP contribution in [0.4, 0.5) is 5.69 Å². The predicted octanol–water partition coefficient (Wildman–Crippen LogP) is 3.74. The summed E-state index contributed by atoms with van der Waals surface area (Å²) >= 11 is 6.08. The third-order valence-corrected chi connectivity index (χ3v) is 4.27. The second-order valence-corrected chi connectivity index (χ2v) is 6.23. The molecule has 2 aromatic carbocycles. The molecule has 0 fully saturated rings. The van der Waals surface area contributed by atoms with E-state index in [9.17, 15) is 4.79 Å². The number of hydrogen-bond donors (Lipinski definition) is 1. The van der Waals surface area contributed by atoms with E-state index in [0.717, 1.165) is 16.8 Å². The summed E-state index contributed by atoms with van der Waals surface area (Å²) in [6.07, 6.45) is 0. The predicted molar refractivity (Wildman–Crippen MR) is 101 cm³/mol. The zero-order valence-corrected chi connectivity index (χ0v) is 15.7. The Kier molecular flexibility index (Phi) is 6.67. The average Bonchev–Trinajstić information content (AvgIpc) is 2.58. The molecule has 0 spiro atoms. The molecule has 0 aliphatic carbocycles. The van der Waals surface area contributed by atoms with Gasteiger partial charge in [0.15, 0.2) is 11.5 Å². The van der Waals surface area contributed by atoms with E-state index in [1.54, 1.807) is 20.3 Å². The monoisotopic (exact) mass is 362 g/mol. The minimum atomic E-state index is -0.0895. The molecule has 0 saturated carbocycles. The summed E-state index contributed by atoms with van der Waals surface area (Å²) < 4.78 is 10.5. The lowest BCUT2D eigenvalue weighted by atomic mass is 10.2. The summed E-state index contributed by atoms with van der Waals surface area (Å²) in [6.45, 7) is 2.76. The second kappa shape index (κ2) is 8.74. The van der Waals surface area contributed by atoms with E-state index in [2.05, 4.69) is 5.32 Å². The first-order valence-electron chi connectivity index (χ1n) is 7.89. The van der Waals surface area contributed by atoms with Gasteiger partial charge in [0.05, 0.1) is 20.8 Å². The van der Waals surface area contributed by atoms with Gasteiger partial charge in [-0.3, -0.25) is 9.69 Å². The van der Waals surface area contributed by atoms with Crippen LogP contribution in [0, 0.1) is 6.92 Å². The molecule has 0 atom stereocenters. The third-order valence-electron chi connectivity index (χ3n) is 3.86.